The van der Waals surface area contributed by atoms with E-state index >= 15 is 0 Å². The molecule has 1 amide bonds. The molecule has 0 saturated carbocycles. The number of halogens is 1. The second kappa shape index (κ2) is 4.55. The number of nitrogens with zero attached hydrogens (tertiary/aromatic N) is 1. The minimum Gasteiger partial charge on any atom is -0.507 e. The van der Waals surface area contributed by atoms with Crippen molar-refractivity contribution in [3.8, 4) is 5.75 Å². The first-order valence-electron chi connectivity index (χ1n) is 6.07. The van der Waals surface area contributed by atoms with E-state index in [0.29, 0.717) is 18.7 Å². The van der Waals surface area contributed by atoms with Gasteiger partial charge in [-0.2, -0.15) is 0 Å². The van der Waals surface area contributed by atoms with Crippen molar-refractivity contribution in [2.24, 2.45) is 0 Å². The third-order valence-electron chi connectivity index (χ3n) is 3.52. The Morgan fingerprint density at radius 1 is 1.33 bits per heavy atom. The molecule has 2 saturated heterocycles. The number of phenols is 1. The van der Waals surface area contributed by atoms with Crippen LogP contribution < -0.4 is 0 Å². The molecule has 4 nitrogen and oxygen atoms in total. The van der Waals surface area contributed by atoms with E-state index in [9.17, 15) is 9.90 Å². The van der Waals surface area contributed by atoms with Crippen molar-refractivity contribution in [2.45, 2.75) is 25.0 Å². The van der Waals surface area contributed by atoms with Gasteiger partial charge in [-0.3, -0.25) is 4.79 Å². The zero-order valence-corrected chi connectivity index (χ0v) is 11.4. The quantitative estimate of drug-likeness (QED) is 0.864. The average molecular weight is 312 g/mol. The summed E-state index contributed by atoms with van der Waals surface area (Å²) < 4.78 is 6.46. The van der Waals surface area contributed by atoms with E-state index in [1.165, 1.54) is 0 Å². The highest BCUT2D eigenvalue weighted by Crippen LogP contribution is 2.29. The number of carbonyl (C=O) groups excluding carboxylic acids is 1. The van der Waals surface area contributed by atoms with Gasteiger partial charge in [-0.15, -0.1) is 0 Å². The highest BCUT2D eigenvalue weighted by atomic mass is 79.9. The Labute approximate surface area is 114 Å². The minimum atomic E-state index is -0.111. The second-order valence-corrected chi connectivity index (χ2v) is 5.74. The van der Waals surface area contributed by atoms with Crippen LogP contribution in [0.15, 0.2) is 22.7 Å². The number of carbonyl (C=O) groups is 1. The number of hydrogen-bond acceptors (Lipinski definition) is 3. The molecule has 1 aromatic carbocycles. The lowest BCUT2D eigenvalue weighted by molar-refractivity contribution is -0.0304. The Hall–Kier alpha value is -1.07. The maximum atomic E-state index is 12.3. The van der Waals surface area contributed by atoms with Crippen LogP contribution in [0.25, 0.3) is 0 Å². The van der Waals surface area contributed by atoms with Crippen molar-refractivity contribution < 1.29 is 14.6 Å². The van der Waals surface area contributed by atoms with Crippen LogP contribution in [0.3, 0.4) is 0 Å². The third-order valence-corrected chi connectivity index (χ3v) is 4.01. The van der Waals surface area contributed by atoms with Crippen LogP contribution in [0.1, 0.15) is 23.2 Å². The summed E-state index contributed by atoms with van der Waals surface area (Å²) in [6.07, 6.45) is 2.40. The van der Waals surface area contributed by atoms with Gasteiger partial charge in [0.2, 0.25) is 0 Å². The van der Waals surface area contributed by atoms with Crippen LogP contribution in [0.4, 0.5) is 0 Å². The summed E-state index contributed by atoms with van der Waals surface area (Å²) in [5, 5.41) is 9.83. The molecule has 2 unspecified atom stereocenters. The van der Waals surface area contributed by atoms with E-state index in [4.69, 9.17) is 4.74 Å². The zero-order valence-electron chi connectivity index (χ0n) is 9.80. The number of phenolic OH excluding ortho intramolecular Hbond substituents is 1. The van der Waals surface area contributed by atoms with Crippen molar-refractivity contribution in [2.75, 3.05) is 13.1 Å². The van der Waals surface area contributed by atoms with E-state index in [2.05, 4.69) is 15.9 Å². The number of likely N-dealkylation sites (tertiary alicyclic amines) is 1. The number of ether oxygens (including phenoxy) is 1. The second-order valence-electron chi connectivity index (χ2n) is 4.83. The molecule has 2 aliphatic rings. The van der Waals surface area contributed by atoms with Gasteiger partial charge < -0.3 is 14.7 Å². The van der Waals surface area contributed by atoms with E-state index < -0.39 is 0 Å². The first kappa shape index (κ1) is 12.0. The van der Waals surface area contributed by atoms with Gasteiger partial charge in [-0.1, -0.05) is 15.9 Å². The number of hydrogen-bond donors (Lipinski definition) is 1. The lowest BCUT2D eigenvalue weighted by Gasteiger charge is -2.32. The summed E-state index contributed by atoms with van der Waals surface area (Å²) in [6, 6.07) is 4.96. The topological polar surface area (TPSA) is 49.8 Å². The molecule has 0 radical (unpaired) electrons. The molecule has 2 aliphatic heterocycles. The molecule has 0 spiro atoms. The normalized spacial score (nSPS) is 26.4. The molecule has 1 N–H and O–H groups in total. The molecule has 2 fully saturated rings. The van der Waals surface area contributed by atoms with Gasteiger partial charge >= 0.3 is 0 Å². The molecule has 1 aromatic rings. The van der Waals surface area contributed by atoms with Crippen molar-refractivity contribution >= 4 is 21.8 Å². The highest BCUT2D eigenvalue weighted by Gasteiger charge is 2.36. The summed E-state index contributed by atoms with van der Waals surface area (Å²) in [5.74, 6) is -0.0894. The van der Waals surface area contributed by atoms with Gasteiger partial charge in [0.05, 0.1) is 17.8 Å². The summed E-state index contributed by atoms with van der Waals surface area (Å²) >= 11 is 3.27. The number of benzene rings is 1. The number of morpholine rings is 1. The van der Waals surface area contributed by atoms with Crippen molar-refractivity contribution in [1.29, 1.82) is 0 Å². The van der Waals surface area contributed by atoms with Gasteiger partial charge in [0, 0.05) is 17.6 Å². The maximum Gasteiger partial charge on any atom is 0.257 e. The molecule has 2 atom stereocenters. The SMILES string of the molecule is O=C(c1ccc(Br)cc1O)N1CC2CCC(C1)O2. The van der Waals surface area contributed by atoms with Gasteiger partial charge in [0.1, 0.15) is 5.75 Å². The van der Waals surface area contributed by atoms with E-state index in [1.807, 2.05) is 0 Å². The van der Waals surface area contributed by atoms with Crippen LogP contribution >= 0.6 is 15.9 Å². The molecule has 2 heterocycles. The Balaban J connectivity index is 1.82. The van der Waals surface area contributed by atoms with E-state index in [0.717, 1.165) is 17.3 Å². The van der Waals surface area contributed by atoms with Crippen molar-refractivity contribution in [1.82, 2.24) is 4.90 Å². The van der Waals surface area contributed by atoms with Crippen molar-refractivity contribution in [3.05, 3.63) is 28.2 Å². The molecule has 3 rings (SSSR count). The van der Waals surface area contributed by atoms with Gasteiger partial charge in [-0.05, 0) is 31.0 Å². The standard InChI is InChI=1S/C13H14BrNO3/c14-8-1-4-11(12(16)5-8)13(17)15-6-9-2-3-10(7-15)18-9/h1,4-5,9-10,16H,2-3,6-7H2. The molecule has 96 valence electrons. The molecule has 0 aromatic heterocycles. The largest absolute Gasteiger partial charge is 0.507 e. The summed E-state index contributed by atoms with van der Waals surface area (Å²) in [5.41, 5.74) is 0.361. The lowest BCUT2D eigenvalue weighted by Crippen LogP contribution is -2.45. The third kappa shape index (κ3) is 2.12. The van der Waals surface area contributed by atoms with Crippen molar-refractivity contribution in [3.63, 3.8) is 0 Å². The fraction of sp³-hybridized carbons (Fsp3) is 0.462. The molecule has 5 heteroatoms. The number of fused-ring (bicyclic) bond motifs is 2. The van der Waals surface area contributed by atoms with Crippen LogP contribution in [0.5, 0.6) is 5.75 Å². The predicted molar refractivity (Wildman–Crippen MR) is 69.6 cm³/mol. The molecular weight excluding hydrogens is 298 g/mol. The maximum absolute atomic E-state index is 12.3. The summed E-state index contributed by atoms with van der Waals surface area (Å²) in [4.78, 5) is 14.1. The van der Waals surface area contributed by atoms with Crippen LogP contribution in [-0.4, -0.2) is 41.2 Å². The van der Waals surface area contributed by atoms with Crippen LogP contribution in [0.2, 0.25) is 0 Å². The van der Waals surface area contributed by atoms with Gasteiger partial charge in [-0.25, -0.2) is 0 Å². The highest BCUT2D eigenvalue weighted by molar-refractivity contribution is 9.10. The van der Waals surface area contributed by atoms with Crippen LogP contribution in [0, 0.1) is 0 Å². The van der Waals surface area contributed by atoms with Gasteiger partial charge in [0.15, 0.2) is 0 Å². The Morgan fingerprint density at radius 2 is 2.00 bits per heavy atom. The minimum absolute atomic E-state index is 0.0215. The first-order valence-corrected chi connectivity index (χ1v) is 6.86. The zero-order chi connectivity index (χ0) is 12.7. The molecular formula is C13H14BrNO3. The monoisotopic (exact) mass is 311 g/mol. The average Bonchev–Trinajstić information content (AvgIpc) is 2.67. The Kier molecular flexibility index (Phi) is 3.03. The van der Waals surface area contributed by atoms with Gasteiger partial charge in [0.25, 0.3) is 5.91 Å². The number of rotatable bonds is 1. The fourth-order valence-corrected chi connectivity index (χ4v) is 2.99. The lowest BCUT2D eigenvalue weighted by atomic mass is 10.1. The molecule has 2 bridgehead atoms. The smallest absolute Gasteiger partial charge is 0.257 e. The van der Waals surface area contributed by atoms with E-state index in [-0.39, 0.29) is 23.9 Å². The Bertz CT molecular complexity index is 479. The predicted octanol–water partition coefficient (Wildman–Crippen LogP) is 2.16. The number of amides is 1. The Morgan fingerprint density at radius 3 is 2.61 bits per heavy atom. The van der Waals surface area contributed by atoms with Crippen LogP contribution in [-0.2, 0) is 4.74 Å². The summed E-state index contributed by atoms with van der Waals surface area (Å²) in [7, 11) is 0. The fourth-order valence-electron chi connectivity index (χ4n) is 2.64. The molecule has 0 aliphatic carbocycles. The van der Waals surface area contributed by atoms with E-state index in [1.54, 1.807) is 23.1 Å². The number of aromatic hydroxyl groups is 1. The first-order chi connectivity index (χ1) is 8.63. The summed E-state index contributed by atoms with van der Waals surface area (Å²) in [6.45, 7) is 1.26. The molecule has 18 heavy (non-hydrogen) atoms.